The monoisotopic (exact) mass is 245 g/mol. The van der Waals surface area contributed by atoms with Gasteiger partial charge in [0.1, 0.15) is 5.75 Å². The van der Waals surface area contributed by atoms with Gasteiger partial charge in [-0.25, -0.2) is 0 Å². The number of ether oxygens (including phenoxy) is 1. The van der Waals surface area contributed by atoms with Crippen LogP contribution in [-0.2, 0) is 6.54 Å². The number of aromatic nitrogens is 2. The summed E-state index contributed by atoms with van der Waals surface area (Å²) in [6.45, 7) is 6.87. The number of aryl methyl sites for hydroxylation is 1. The van der Waals surface area contributed by atoms with Gasteiger partial charge in [0.15, 0.2) is 0 Å². The molecule has 0 fully saturated rings. The van der Waals surface area contributed by atoms with Gasteiger partial charge in [-0.1, -0.05) is 0 Å². The molecule has 2 aromatic rings. The molecule has 0 radical (unpaired) electrons. The van der Waals surface area contributed by atoms with Crippen molar-refractivity contribution in [1.82, 2.24) is 10.2 Å². The van der Waals surface area contributed by atoms with Crippen LogP contribution < -0.4 is 10.1 Å². The van der Waals surface area contributed by atoms with Crippen LogP contribution >= 0.6 is 0 Å². The predicted molar refractivity (Wildman–Crippen MR) is 72.9 cm³/mol. The van der Waals surface area contributed by atoms with Crippen LogP contribution in [0.4, 0.5) is 5.69 Å². The summed E-state index contributed by atoms with van der Waals surface area (Å²) in [5.74, 6) is 0.912. The highest BCUT2D eigenvalue weighted by Gasteiger charge is 2.03. The van der Waals surface area contributed by atoms with E-state index in [-0.39, 0.29) is 6.10 Å². The lowest BCUT2D eigenvalue weighted by atomic mass is 10.2. The van der Waals surface area contributed by atoms with E-state index in [1.165, 1.54) is 5.56 Å². The van der Waals surface area contributed by atoms with E-state index in [0.717, 1.165) is 23.7 Å². The molecule has 0 saturated carbocycles. The number of hydrogen-bond acceptors (Lipinski definition) is 3. The Balaban J connectivity index is 2.01. The van der Waals surface area contributed by atoms with Crippen LogP contribution in [0.25, 0.3) is 0 Å². The quantitative estimate of drug-likeness (QED) is 0.851. The summed E-state index contributed by atoms with van der Waals surface area (Å²) in [5.41, 5.74) is 3.35. The van der Waals surface area contributed by atoms with Crippen LogP contribution in [-0.4, -0.2) is 16.3 Å². The first-order chi connectivity index (χ1) is 8.65. The van der Waals surface area contributed by atoms with Crippen LogP contribution in [0.2, 0.25) is 0 Å². The molecule has 0 aliphatic heterocycles. The molecule has 0 bridgehead atoms. The van der Waals surface area contributed by atoms with Crippen molar-refractivity contribution in [3.05, 3.63) is 41.7 Å². The largest absolute Gasteiger partial charge is 0.491 e. The van der Waals surface area contributed by atoms with Gasteiger partial charge < -0.3 is 10.1 Å². The second-order valence-corrected chi connectivity index (χ2v) is 4.58. The average Bonchev–Trinajstić information content (AvgIpc) is 2.80. The molecule has 0 spiro atoms. The van der Waals surface area contributed by atoms with E-state index in [1.54, 1.807) is 6.20 Å². The molecule has 2 rings (SSSR count). The number of anilines is 1. The molecule has 0 unspecified atom stereocenters. The molecule has 0 aliphatic carbocycles. The first kappa shape index (κ1) is 12.5. The lowest BCUT2D eigenvalue weighted by molar-refractivity contribution is 0.242. The highest BCUT2D eigenvalue weighted by molar-refractivity contribution is 5.53. The number of nitrogens with zero attached hydrogens (tertiary/aromatic N) is 1. The average molecular weight is 245 g/mol. The molecule has 0 aliphatic rings. The van der Waals surface area contributed by atoms with E-state index in [9.17, 15) is 0 Å². The zero-order chi connectivity index (χ0) is 13.0. The van der Waals surface area contributed by atoms with Gasteiger partial charge in [-0.15, -0.1) is 0 Å². The fourth-order valence-electron chi connectivity index (χ4n) is 1.75. The molecule has 2 N–H and O–H groups in total. The van der Waals surface area contributed by atoms with Crippen LogP contribution in [0.5, 0.6) is 5.75 Å². The Hall–Kier alpha value is -1.97. The molecule has 0 amide bonds. The van der Waals surface area contributed by atoms with Gasteiger partial charge in [-0.05, 0) is 50.6 Å². The summed E-state index contributed by atoms with van der Waals surface area (Å²) in [7, 11) is 0. The van der Waals surface area contributed by atoms with Gasteiger partial charge >= 0.3 is 0 Å². The Morgan fingerprint density at radius 2 is 2.17 bits per heavy atom. The zero-order valence-electron chi connectivity index (χ0n) is 11.0. The number of H-pyrrole nitrogens is 1. The predicted octanol–water partition coefficient (Wildman–Crippen LogP) is 3.12. The van der Waals surface area contributed by atoms with Crippen molar-refractivity contribution in [1.29, 1.82) is 0 Å². The minimum absolute atomic E-state index is 0.202. The van der Waals surface area contributed by atoms with Gasteiger partial charge in [0.2, 0.25) is 0 Å². The van der Waals surface area contributed by atoms with Gasteiger partial charge in [-0.2, -0.15) is 5.10 Å². The Kier molecular flexibility index (Phi) is 3.87. The number of rotatable bonds is 5. The van der Waals surface area contributed by atoms with Crippen molar-refractivity contribution in [2.24, 2.45) is 0 Å². The smallest absolute Gasteiger partial charge is 0.120 e. The SMILES string of the molecule is Cc1cc(OC(C)C)ccc1NCc1ccn[nH]1. The normalized spacial score (nSPS) is 10.7. The summed E-state index contributed by atoms with van der Waals surface area (Å²) in [4.78, 5) is 0. The summed E-state index contributed by atoms with van der Waals surface area (Å²) >= 11 is 0. The van der Waals surface area contributed by atoms with Crippen molar-refractivity contribution in [2.45, 2.75) is 33.4 Å². The van der Waals surface area contributed by atoms with E-state index in [0.29, 0.717) is 0 Å². The maximum Gasteiger partial charge on any atom is 0.120 e. The molecule has 0 saturated heterocycles. The summed E-state index contributed by atoms with van der Waals surface area (Å²) in [6.07, 6.45) is 1.96. The Bertz CT molecular complexity index is 492. The van der Waals surface area contributed by atoms with E-state index in [4.69, 9.17) is 4.74 Å². The molecule has 1 heterocycles. The summed E-state index contributed by atoms with van der Waals surface area (Å²) < 4.78 is 5.66. The molecule has 4 nitrogen and oxygen atoms in total. The van der Waals surface area contributed by atoms with Crippen molar-refractivity contribution >= 4 is 5.69 Å². The Morgan fingerprint density at radius 1 is 1.33 bits per heavy atom. The van der Waals surface area contributed by atoms with Crippen molar-refractivity contribution in [2.75, 3.05) is 5.32 Å². The van der Waals surface area contributed by atoms with E-state index in [1.807, 2.05) is 32.0 Å². The Labute approximate surface area is 107 Å². The molecule has 1 aromatic heterocycles. The fraction of sp³-hybridized carbons (Fsp3) is 0.357. The molecule has 4 heteroatoms. The zero-order valence-corrected chi connectivity index (χ0v) is 11.0. The van der Waals surface area contributed by atoms with Crippen LogP contribution in [0.1, 0.15) is 25.1 Å². The Morgan fingerprint density at radius 3 is 2.78 bits per heavy atom. The first-order valence-corrected chi connectivity index (χ1v) is 6.14. The summed E-state index contributed by atoms with van der Waals surface area (Å²) in [5, 5.41) is 10.2. The summed E-state index contributed by atoms with van der Waals surface area (Å²) in [6, 6.07) is 8.04. The first-order valence-electron chi connectivity index (χ1n) is 6.14. The number of aromatic amines is 1. The van der Waals surface area contributed by atoms with E-state index >= 15 is 0 Å². The third-order valence-electron chi connectivity index (χ3n) is 2.60. The minimum Gasteiger partial charge on any atom is -0.491 e. The number of hydrogen-bond donors (Lipinski definition) is 2. The third kappa shape index (κ3) is 3.26. The highest BCUT2D eigenvalue weighted by atomic mass is 16.5. The number of benzene rings is 1. The van der Waals surface area contributed by atoms with E-state index in [2.05, 4.69) is 28.5 Å². The lowest BCUT2D eigenvalue weighted by Gasteiger charge is -2.13. The van der Waals surface area contributed by atoms with Gasteiger partial charge in [-0.3, -0.25) is 5.10 Å². The molecular formula is C14H19N3O. The van der Waals surface area contributed by atoms with Crippen LogP contribution in [0.3, 0.4) is 0 Å². The number of nitrogens with one attached hydrogen (secondary N) is 2. The van der Waals surface area contributed by atoms with Gasteiger partial charge in [0.25, 0.3) is 0 Å². The second kappa shape index (κ2) is 5.58. The molecular weight excluding hydrogens is 226 g/mol. The van der Waals surface area contributed by atoms with Gasteiger partial charge in [0.05, 0.1) is 18.3 Å². The molecule has 0 atom stereocenters. The molecule has 96 valence electrons. The maximum absolute atomic E-state index is 5.66. The van der Waals surface area contributed by atoms with Crippen LogP contribution in [0.15, 0.2) is 30.5 Å². The third-order valence-corrected chi connectivity index (χ3v) is 2.60. The minimum atomic E-state index is 0.202. The van der Waals surface area contributed by atoms with Gasteiger partial charge in [0, 0.05) is 11.9 Å². The van der Waals surface area contributed by atoms with Crippen molar-refractivity contribution < 1.29 is 4.74 Å². The van der Waals surface area contributed by atoms with Crippen molar-refractivity contribution in [3.8, 4) is 5.75 Å². The van der Waals surface area contributed by atoms with Crippen LogP contribution in [0, 0.1) is 6.92 Å². The lowest BCUT2D eigenvalue weighted by Crippen LogP contribution is -2.06. The molecule has 1 aromatic carbocycles. The topological polar surface area (TPSA) is 49.9 Å². The van der Waals surface area contributed by atoms with Crippen molar-refractivity contribution in [3.63, 3.8) is 0 Å². The standard InChI is InChI=1S/C14H19N3O/c1-10(2)18-13-4-5-14(11(3)8-13)15-9-12-6-7-16-17-12/h4-8,10,15H,9H2,1-3H3,(H,16,17). The maximum atomic E-state index is 5.66. The highest BCUT2D eigenvalue weighted by Crippen LogP contribution is 2.22. The molecule has 18 heavy (non-hydrogen) atoms. The fourth-order valence-corrected chi connectivity index (χ4v) is 1.75. The second-order valence-electron chi connectivity index (χ2n) is 4.58. The van der Waals surface area contributed by atoms with E-state index < -0.39 is 0 Å².